The van der Waals surface area contributed by atoms with Crippen LogP contribution in [-0.4, -0.2) is 49.2 Å². The molecule has 0 bridgehead atoms. The van der Waals surface area contributed by atoms with Gasteiger partial charge >= 0.3 is 0 Å². The van der Waals surface area contributed by atoms with Gasteiger partial charge in [0.05, 0.1) is 12.1 Å². The van der Waals surface area contributed by atoms with Crippen molar-refractivity contribution in [3.05, 3.63) is 0 Å². The predicted octanol–water partition coefficient (Wildman–Crippen LogP) is 0.233. The Kier molecular flexibility index (Phi) is 2.98. The standard InChI is InChI=1S/C11H20N2O2/c1-9(2)5-13-8-11(3-4-12-7-11)15-6-10(13)14/h9,12H,3-8H2,1-2H3. The van der Waals surface area contributed by atoms with Crippen molar-refractivity contribution in [3.63, 3.8) is 0 Å². The van der Waals surface area contributed by atoms with Crippen LogP contribution in [-0.2, 0) is 9.53 Å². The van der Waals surface area contributed by atoms with Crippen molar-refractivity contribution in [1.82, 2.24) is 10.2 Å². The summed E-state index contributed by atoms with van der Waals surface area (Å²) >= 11 is 0. The van der Waals surface area contributed by atoms with Crippen molar-refractivity contribution in [3.8, 4) is 0 Å². The maximum atomic E-state index is 11.7. The van der Waals surface area contributed by atoms with Gasteiger partial charge in [-0.15, -0.1) is 0 Å². The molecule has 0 aromatic rings. The monoisotopic (exact) mass is 212 g/mol. The van der Waals surface area contributed by atoms with Gasteiger partial charge in [-0.2, -0.15) is 0 Å². The molecule has 2 aliphatic heterocycles. The number of rotatable bonds is 2. The molecule has 1 amide bonds. The summed E-state index contributed by atoms with van der Waals surface area (Å²) < 4.78 is 5.70. The van der Waals surface area contributed by atoms with Gasteiger partial charge in [0.25, 0.3) is 0 Å². The van der Waals surface area contributed by atoms with Gasteiger partial charge in [0.1, 0.15) is 6.61 Å². The Morgan fingerprint density at radius 2 is 2.40 bits per heavy atom. The second-order valence-corrected chi connectivity index (χ2v) is 5.07. The van der Waals surface area contributed by atoms with Gasteiger partial charge in [-0.1, -0.05) is 13.8 Å². The van der Waals surface area contributed by atoms with E-state index in [1.54, 1.807) is 0 Å². The minimum Gasteiger partial charge on any atom is -0.362 e. The summed E-state index contributed by atoms with van der Waals surface area (Å²) in [5, 5.41) is 3.31. The molecule has 1 atom stereocenters. The van der Waals surface area contributed by atoms with Gasteiger partial charge in [-0.05, 0) is 18.9 Å². The summed E-state index contributed by atoms with van der Waals surface area (Å²) in [4.78, 5) is 13.6. The lowest BCUT2D eigenvalue weighted by molar-refractivity contribution is -0.161. The third-order valence-electron chi connectivity index (χ3n) is 3.12. The first-order valence-corrected chi connectivity index (χ1v) is 5.74. The van der Waals surface area contributed by atoms with Crippen LogP contribution in [0.1, 0.15) is 20.3 Å². The maximum Gasteiger partial charge on any atom is 0.248 e. The van der Waals surface area contributed by atoms with E-state index >= 15 is 0 Å². The SMILES string of the molecule is CC(C)CN1CC2(CCNC2)OCC1=O. The molecule has 0 aliphatic carbocycles. The molecule has 0 aromatic heterocycles. The Hall–Kier alpha value is -0.610. The highest BCUT2D eigenvalue weighted by atomic mass is 16.5. The number of hydrogen-bond acceptors (Lipinski definition) is 3. The number of amides is 1. The van der Waals surface area contributed by atoms with Crippen LogP contribution in [0.5, 0.6) is 0 Å². The van der Waals surface area contributed by atoms with Crippen molar-refractivity contribution >= 4 is 5.91 Å². The zero-order valence-corrected chi connectivity index (χ0v) is 9.58. The van der Waals surface area contributed by atoms with Crippen molar-refractivity contribution < 1.29 is 9.53 Å². The molecule has 1 unspecified atom stereocenters. The number of morpholine rings is 1. The molecular weight excluding hydrogens is 192 g/mol. The fraction of sp³-hybridized carbons (Fsp3) is 0.909. The van der Waals surface area contributed by atoms with Crippen LogP contribution >= 0.6 is 0 Å². The Bertz CT molecular complexity index is 247. The van der Waals surface area contributed by atoms with Gasteiger partial charge in [0.15, 0.2) is 0 Å². The third kappa shape index (κ3) is 2.32. The predicted molar refractivity (Wildman–Crippen MR) is 57.6 cm³/mol. The molecule has 2 heterocycles. The van der Waals surface area contributed by atoms with Crippen molar-refractivity contribution in [2.75, 3.05) is 32.8 Å². The lowest BCUT2D eigenvalue weighted by Gasteiger charge is -2.40. The van der Waals surface area contributed by atoms with Gasteiger partial charge in [-0.25, -0.2) is 0 Å². The Labute approximate surface area is 91.0 Å². The van der Waals surface area contributed by atoms with Crippen LogP contribution in [0.3, 0.4) is 0 Å². The van der Waals surface area contributed by atoms with Crippen LogP contribution < -0.4 is 5.32 Å². The van der Waals surface area contributed by atoms with E-state index in [1.165, 1.54) is 0 Å². The number of carbonyl (C=O) groups is 1. The fourth-order valence-corrected chi connectivity index (χ4v) is 2.37. The molecule has 2 fully saturated rings. The van der Waals surface area contributed by atoms with Crippen LogP contribution in [0.2, 0.25) is 0 Å². The molecule has 4 nitrogen and oxygen atoms in total. The number of carbonyl (C=O) groups excluding carboxylic acids is 1. The Morgan fingerprint density at radius 1 is 1.60 bits per heavy atom. The van der Waals surface area contributed by atoms with E-state index in [-0.39, 0.29) is 18.1 Å². The molecule has 4 heteroatoms. The van der Waals surface area contributed by atoms with E-state index in [1.807, 2.05) is 4.90 Å². The van der Waals surface area contributed by atoms with E-state index in [4.69, 9.17) is 4.74 Å². The zero-order valence-electron chi connectivity index (χ0n) is 9.58. The molecule has 15 heavy (non-hydrogen) atoms. The van der Waals surface area contributed by atoms with E-state index in [0.29, 0.717) is 5.92 Å². The highest BCUT2D eigenvalue weighted by Crippen LogP contribution is 2.25. The lowest BCUT2D eigenvalue weighted by Crippen LogP contribution is -2.56. The summed E-state index contributed by atoms with van der Waals surface area (Å²) in [5.41, 5.74) is -0.0944. The van der Waals surface area contributed by atoms with Gasteiger partial charge in [0, 0.05) is 13.1 Å². The molecular formula is C11H20N2O2. The fourth-order valence-electron chi connectivity index (χ4n) is 2.37. The average Bonchev–Trinajstić information content (AvgIpc) is 2.60. The Balaban J connectivity index is 2.00. The van der Waals surface area contributed by atoms with Gasteiger partial charge < -0.3 is 15.0 Å². The number of ether oxygens (including phenoxy) is 1. The minimum absolute atomic E-state index is 0.0944. The lowest BCUT2D eigenvalue weighted by atomic mass is 10.00. The van der Waals surface area contributed by atoms with Crippen LogP contribution in [0.25, 0.3) is 0 Å². The van der Waals surface area contributed by atoms with Crippen LogP contribution in [0.4, 0.5) is 0 Å². The number of hydrogen-bond donors (Lipinski definition) is 1. The molecule has 1 N–H and O–H groups in total. The topological polar surface area (TPSA) is 41.6 Å². The van der Waals surface area contributed by atoms with Gasteiger partial charge in [-0.3, -0.25) is 4.79 Å². The first kappa shape index (κ1) is 10.9. The van der Waals surface area contributed by atoms with Gasteiger partial charge in [0.2, 0.25) is 5.91 Å². The number of nitrogens with one attached hydrogen (secondary N) is 1. The second-order valence-electron chi connectivity index (χ2n) is 5.07. The molecule has 0 aromatic carbocycles. The normalized spacial score (nSPS) is 31.9. The maximum absolute atomic E-state index is 11.7. The summed E-state index contributed by atoms with van der Waals surface area (Å²) in [6.45, 7) is 8.04. The summed E-state index contributed by atoms with van der Waals surface area (Å²) in [6.07, 6.45) is 1.02. The molecule has 86 valence electrons. The molecule has 2 saturated heterocycles. The highest BCUT2D eigenvalue weighted by molar-refractivity contribution is 5.78. The molecule has 1 spiro atoms. The number of nitrogens with zero attached hydrogens (tertiary/aromatic N) is 1. The summed E-state index contributed by atoms with van der Waals surface area (Å²) in [5.74, 6) is 0.666. The molecule has 0 radical (unpaired) electrons. The third-order valence-corrected chi connectivity index (χ3v) is 3.12. The zero-order chi connectivity index (χ0) is 10.9. The van der Waals surface area contributed by atoms with E-state index < -0.39 is 0 Å². The van der Waals surface area contributed by atoms with E-state index in [0.717, 1.165) is 32.6 Å². The Morgan fingerprint density at radius 3 is 3.00 bits per heavy atom. The van der Waals surface area contributed by atoms with Crippen molar-refractivity contribution in [1.29, 1.82) is 0 Å². The van der Waals surface area contributed by atoms with Crippen LogP contribution in [0, 0.1) is 5.92 Å². The average molecular weight is 212 g/mol. The summed E-state index contributed by atoms with van der Waals surface area (Å²) in [7, 11) is 0. The van der Waals surface area contributed by atoms with Crippen LogP contribution in [0.15, 0.2) is 0 Å². The van der Waals surface area contributed by atoms with Crippen molar-refractivity contribution in [2.45, 2.75) is 25.9 Å². The second kappa shape index (κ2) is 4.10. The highest BCUT2D eigenvalue weighted by Gasteiger charge is 2.41. The molecule has 2 rings (SSSR count). The summed E-state index contributed by atoms with van der Waals surface area (Å²) in [6, 6.07) is 0. The first-order valence-electron chi connectivity index (χ1n) is 5.74. The molecule has 0 saturated carbocycles. The first-order chi connectivity index (χ1) is 7.11. The minimum atomic E-state index is -0.0944. The van der Waals surface area contributed by atoms with Crippen molar-refractivity contribution in [2.24, 2.45) is 5.92 Å². The van der Waals surface area contributed by atoms with E-state index in [2.05, 4.69) is 19.2 Å². The molecule has 2 aliphatic rings. The largest absolute Gasteiger partial charge is 0.362 e. The van der Waals surface area contributed by atoms with E-state index in [9.17, 15) is 4.79 Å². The quantitative estimate of drug-likeness (QED) is 0.712. The smallest absolute Gasteiger partial charge is 0.248 e.